The van der Waals surface area contributed by atoms with Crippen molar-refractivity contribution < 1.29 is 9.59 Å². The van der Waals surface area contributed by atoms with Gasteiger partial charge in [-0.3, -0.25) is 14.5 Å². The lowest BCUT2D eigenvalue weighted by atomic mass is 9.69. The van der Waals surface area contributed by atoms with Crippen LogP contribution in [0.2, 0.25) is 10.0 Å². The van der Waals surface area contributed by atoms with Gasteiger partial charge >= 0.3 is 0 Å². The number of hydrogen-bond acceptors (Lipinski definition) is 2. The van der Waals surface area contributed by atoms with E-state index in [4.69, 9.17) is 23.2 Å². The number of ketones is 1. The van der Waals surface area contributed by atoms with Crippen LogP contribution in [-0.2, 0) is 9.59 Å². The molecule has 1 atom stereocenters. The molecule has 29 heavy (non-hydrogen) atoms. The van der Waals surface area contributed by atoms with Crippen LogP contribution in [-0.4, -0.2) is 11.7 Å². The minimum Gasteiger partial charge on any atom is -0.294 e. The number of rotatable bonds is 2. The van der Waals surface area contributed by atoms with Crippen molar-refractivity contribution in [1.82, 2.24) is 0 Å². The molecule has 2 aliphatic rings. The standard InChI is InChI=1S/C24H23Cl2NO2/c1-14-6-4-5-7-16(14)17-11-22(29)27(15-8-9-18(25)19(26)10-15)20-12-24(2,3)13-21(28)23(17)20/h4-10,17H,11-13H2,1-3H3. The molecule has 1 unspecified atom stereocenters. The number of benzene rings is 2. The fourth-order valence-electron chi connectivity index (χ4n) is 4.58. The maximum Gasteiger partial charge on any atom is 0.232 e. The minimum atomic E-state index is -0.210. The van der Waals surface area contributed by atoms with Gasteiger partial charge in [0.1, 0.15) is 0 Å². The summed E-state index contributed by atoms with van der Waals surface area (Å²) in [6, 6.07) is 13.2. The highest BCUT2D eigenvalue weighted by atomic mass is 35.5. The first kappa shape index (κ1) is 20.2. The number of aryl methyl sites for hydroxylation is 1. The van der Waals surface area contributed by atoms with E-state index in [0.29, 0.717) is 28.6 Å². The molecule has 0 N–H and O–H groups in total. The molecule has 1 amide bonds. The lowest BCUT2D eigenvalue weighted by Crippen LogP contribution is -2.43. The number of hydrogen-bond donors (Lipinski definition) is 0. The molecule has 0 radical (unpaired) electrons. The van der Waals surface area contributed by atoms with E-state index in [9.17, 15) is 9.59 Å². The van der Waals surface area contributed by atoms with Crippen LogP contribution in [0.15, 0.2) is 53.7 Å². The summed E-state index contributed by atoms with van der Waals surface area (Å²) < 4.78 is 0. The van der Waals surface area contributed by atoms with Crippen LogP contribution >= 0.6 is 23.2 Å². The van der Waals surface area contributed by atoms with Crippen molar-refractivity contribution in [2.75, 3.05) is 4.90 Å². The predicted octanol–water partition coefficient (Wildman–Crippen LogP) is 6.47. The summed E-state index contributed by atoms with van der Waals surface area (Å²) in [5, 5.41) is 0.827. The van der Waals surface area contributed by atoms with Crippen molar-refractivity contribution in [3.05, 3.63) is 74.9 Å². The molecule has 2 aromatic carbocycles. The molecule has 0 aromatic heterocycles. The summed E-state index contributed by atoms with van der Waals surface area (Å²) in [4.78, 5) is 28.3. The Kier molecular flexibility index (Phi) is 5.08. The Balaban J connectivity index is 1.92. The van der Waals surface area contributed by atoms with E-state index in [1.165, 1.54) is 0 Å². The molecule has 150 valence electrons. The van der Waals surface area contributed by atoms with Gasteiger partial charge in [-0.2, -0.15) is 0 Å². The third-order valence-electron chi connectivity index (χ3n) is 5.87. The van der Waals surface area contributed by atoms with Crippen molar-refractivity contribution in [2.24, 2.45) is 5.41 Å². The lowest BCUT2D eigenvalue weighted by Gasteiger charge is -2.43. The van der Waals surface area contributed by atoms with Gasteiger partial charge in [-0.1, -0.05) is 61.3 Å². The number of halogens is 2. The summed E-state index contributed by atoms with van der Waals surface area (Å²) in [6.45, 7) is 6.18. The third-order valence-corrected chi connectivity index (χ3v) is 6.61. The van der Waals surface area contributed by atoms with Gasteiger partial charge in [0, 0.05) is 30.0 Å². The Morgan fingerprint density at radius 2 is 1.72 bits per heavy atom. The fourth-order valence-corrected chi connectivity index (χ4v) is 4.87. The molecule has 1 aliphatic heterocycles. The van der Waals surface area contributed by atoms with Gasteiger partial charge in [0.2, 0.25) is 5.91 Å². The van der Waals surface area contributed by atoms with Crippen LogP contribution in [0.1, 0.15) is 50.2 Å². The summed E-state index contributed by atoms with van der Waals surface area (Å²) in [5.74, 6) is -0.107. The second-order valence-corrected chi connectivity index (χ2v) is 9.56. The van der Waals surface area contributed by atoms with Crippen molar-refractivity contribution in [1.29, 1.82) is 0 Å². The summed E-state index contributed by atoms with van der Waals surface area (Å²) in [6.07, 6.45) is 1.40. The van der Waals surface area contributed by atoms with E-state index < -0.39 is 0 Å². The average molecular weight is 428 g/mol. The zero-order chi connectivity index (χ0) is 20.9. The largest absolute Gasteiger partial charge is 0.294 e. The number of allylic oxidation sites excluding steroid dienone is 2. The van der Waals surface area contributed by atoms with Crippen LogP contribution in [0, 0.1) is 12.3 Å². The molecule has 2 aromatic rings. The maximum absolute atomic E-state index is 13.4. The summed E-state index contributed by atoms with van der Waals surface area (Å²) >= 11 is 12.3. The van der Waals surface area contributed by atoms with Gasteiger partial charge < -0.3 is 0 Å². The van der Waals surface area contributed by atoms with Crippen molar-refractivity contribution in [3.63, 3.8) is 0 Å². The van der Waals surface area contributed by atoms with Crippen molar-refractivity contribution >= 4 is 40.6 Å². The van der Waals surface area contributed by atoms with E-state index in [1.54, 1.807) is 23.1 Å². The summed E-state index contributed by atoms with van der Waals surface area (Å²) in [5.41, 5.74) is 4.16. The SMILES string of the molecule is Cc1ccccc1C1CC(=O)N(c2ccc(Cl)c(Cl)c2)C2=C1C(=O)CC(C)(C)C2. The highest BCUT2D eigenvalue weighted by Gasteiger charge is 2.44. The molecular weight excluding hydrogens is 405 g/mol. The van der Waals surface area contributed by atoms with Crippen LogP contribution in [0.5, 0.6) is 0 Å². The Bertz CT molecular complexity index is 1050. The molecule has 0 fully saturated rings. The van der Waals surface area contributed by atoms with Crippen LogP contribution in [0.25, 0.3) is 0 Å². The van der Waals surface area contributed by atoms with Crippen LogP contribution < -0.4 is 4.90 Å². The molecule has 1 aliphatic carbocycles. The van der Waals surface area contributed by atoms with E-state index in [1.807, 2.05) is 31.2 Å². The molecule has 4 rings (SSSR count). The monoisotopic (exact) mass is 427 g/mol. The quantitative estimate of drug-likeness (QED) is 0.550. The summed E-state index contributed by atoms with van der Waals surface area (Å²) in [7, 11) is 0. The van der Waals surface area contributed by atoms with Gasteiger partial charge in [0.15, 0.2) is 5.78 Å². The van der Waals surface area contributed by atoms with Gasteiger partial charge in [-0.05, 0) is 48.1 Å². The molecule has 1 heterocycles. The Labute approximate surface area is 181 Å². The third kappa shape index (κ3) is 3.62. The number of anilines is 1. The first-order valence-corrected chi connectivity index (χ1v) is 10.5. The molecular formula is C24H23Cl2NO2. The highest BCUT2D eigenvalue weighted by molar-refractivity contribution is 6.42. The maximum atomic E-state index is 13.4. The Morgan fingerprint density at radius 3 is 2.41 bits per heavy atom. The molecule has 3 nitrogen and oxygen atoms in total. The predicted molar refractivity (Wildman–Crippen MR) is 118 cm³/mol. The van der Waals surface area contributed by atoms with Gasteiger partial charge in [-0.15, -0.1) is 0 Å². The molecule has 0 saturated heterocycles. The topological polar surface area (TPSA) is 37.4 Å². The smallest absolute Gasteiger partial charge is 0.232 e. The molecule has 0 saturated carbocycles. The van der Waals surface area contributed by atoms with Crippen LogP contribution in [0.4, 0.5) is 5.69 Å². The van der Waals surface area contributed by atoms with Crippen LogP contribution in [0.3, 0.4) is 0 Å². The first-order valence-electron chi connectivity index (χ1n) is 9.78. The van der Waals surface area contributed by atoms with Gasteiger partial charge in [0.05, 0.1) is 15.7 Å². The number of carbonyl (C=O) groups excluding carboxylic acids is 2. The zero-order valence-electron chi connectivity index (χ0n) is 16.8. The Morgan fingerprint density at radius 1 is 1.00 bits per heavy atom. The van der Waals surface area contributed by atoms with Crippen molar-refractivity contribution in [2.45, 2.75) is 46.0 Å². The second kappa shape index (κ2) is 7.30. The number of carbonyl (C=O) groups is 2. The van der Waals surface area contributed by atoms with Gasteiger partial charge in [0.25, 0.3) is 0 Å². The second-order valence-electron chi connectivity index (χ2n) is 8.74. The first-order chi connectivity index (χ1) is 13.7. The highest BCUT2D eigenvalue weighted by Crippen LogP contribution is 2.48. The van der Waals surface area contributed by atoms with E-state index in [-0.39, 0.29) is 29.4 Å². The molecule has 0 spiro atoms. The number of Topliss-reactive ketones (excluding diaryl/α,β-unsaturated/α-hetero) is 1. The zero-order valence-corrected chi connectivity index (χ0v) is 18.3. The fraction of sp³-hybridized carbons (Fsp3) is 0.333. The van der Waals surface area contributed by atoms with Gasteiger partial charge in [-0.25, -0.2) is 0 Å². The normalized spacial score (nSPS) is 21.4. The molecule has 5 heteroatoms. The molecule has 0 bridgehead atoms. The van der Waals surface area contributed by atoms with E-state index in [2.05, 4.69) is 13.8 Å². The van der Waals surface area contributed by atoms with E-state index in [0.717, 1.165) is 22.4 Å². The number of amides is 1. The van der Waals surface area contributed by atoms with Crippen molar-refractivity contribution in [3.8, 4) is 0 Å². The lowest BCUT2D eigenvalue weighted by molar-refractivity contribution is -0.121. The Hall–Kier alpha value is -2.10. The number of nitrogens with zero attached hydrogens (tertiary/aromatic N) is 1. The van der Waals surface area contributed by atoms with E-state index >= 15 is 0 Å². The minimum absolute atomic E-state index is 0.0270. The average Bonchev–Trinajstić information content (AvgIpc) is 2.63.